The Bertz CT molecular complexity index is 690. The molecule has 10 nitrogen and oxygen atoms in total. The molecule has 0 aliphatic rings. The minimum Gasteiger partial charge on any atom is -0.549 e. The Morgan fingerprint density at radius 1 is 0.793 bits per heavy atom. The molecule has 0 aliphatic carbocycles. The van der Waals surface area contributed by atoms with Gasteiger partial charge in [-0.15, -0.1) is 0 Å². The van der Waals surface area contributed by atoms with E-state index in [0.717, 1.165) is 25.7 Å². The number of rotatable bonds is 16. The first-order chi connectivity index (χ1) is 12.9. The van der Waals surface area contributed by atoms with Crippen LogP contribution in [0.25, 0.3) is 0 Å². The van der Waals surface area contributed by atoms with E-state index in [0.29, 0.717) is 12.8 Å². The van der Waals surface area contributed by atoms with Gasteiger partial charge in [-0.25, -0.2) is 0 Å². The maximum absolute atomic E-state index is 11.8. The Morgan fingerprint density at radius 2 is 1.17 bits per heavy atom. The minimum atomic E-state index is -5.55. The second kappa shape index (κ2) is 15.5. The van der Waals surface area contributed by atoms with E-state index in [1.807, 2.05) is 0 Å². The molecule has 0 saturated carbocycles. The first kappa shape index (κ1) is 30.9. The van der Waals surface area contributed by atoms with Crippen LogP contribution in [0.15, 0.2) is 0 Å². The Labute approximate surface area is 194 Å². The Balaban J connectivity index is 0. The van der Waals surface area contributed by atoms with Crippen molar-refractivity contribution in [1.82, 2.24) is 0 Å². The molecule has 0 aromatic rings. The van der Waals surface area contributed by atoms with Gasteiger partial charge in [0.15, 0.2) is 5.25 Å². The second-order valence-electron chi connectivity index (χ2n) is 6.54. The summed E-state index contributed by atoms with van der Waals surface area (Å²) in [6.45, 7) is 1.86. The summed E-state index contributed by atoms with van der Waals surface area (Å²) in [6.07, 6.45) is 9.91. The summed E-state index contributed by atoms with van der Waals surface area (Å²) in [4.78, 5) is 22.7. The van der Waals surface area contributed by atoms with Crippen LogP contribution in [0.3, 0.4) is 0 Å². The van der Waals surface area contributed by atoms with Crippen molar-refractivity contribution in [3.63, 3.8) is 0 Å². The normalized spacial score (nSPS) is 13.9. The molecule has 13 heteroatoms. The molecule has 2 unspecified atom stereocenters. The number of carbonyl (C=O) groups is 2. The average Bonchev–Trinajstić information content (AvgIpc) is 2.54. The largest absolute Gasteiger partial charge is 1.00 e. The average molecular weight is 469 g/mol. The molecule has 0 aromatic heterocycles. The van der Waals surface area contributed by atoms with Gasteiger partial charge in [0.2, 0.25) is 5.25 Å². The van der Waals surface area contributed by atoms with Gasteiger partial charge in [-0.05, 0) is 6.42 Å². The van der Waals surface area contributed by atoms with Crippen molar-refractivity contribution in [3.8, 4) is 0 Å². The standard InChI is InChI=1S/C16H30O10S2.Na/c1-2-3-4-5-6-7-8-9-10-11-12-26-16(19)14(28(23,24)25)13(15(17)18)27(20,21)22;/h13-14H,2-12H2,1H3,(H,17,18)(H,20,21,22)(H,23,24,25);/q;+1/p-1. The predicted molar refractivity (Wildman–Crippen MR) is 98.5 cm³/mol. The van der Waals surface area contributed by atoms with E-state index >= 15 is 0 Å². The van der Waals surface area contributed by atoms with E-state index in [1.165, 1.54) is 25.7 Å². The van der Waals surface area contributed by atoms with Gasteiger partial charge >= 0.3 is 35.5 Å². The monoisotopic (exact) mass is 468 g/mol. The number of hydrogen-bond donors (Lipinski definition) is 2. The van der Waals surface area contributed by atoms with E-state index in [4.69, 9.17) is 9.11 Å². The van der Waals surface area contributed by atoms with Crippen LogP contribution in [-0.2, 0) is 34.6 Å². The Kier molecular flexibility index (Phi) is 16.6. The molecule has 0 amide bonds. The molecular formula is C16H29NaO10S2. The van der Waals surface area contributed by atoms with Gasteiger partial charge in [-0.3, -0.25) is 13.9 Å². The zero-order valence-electron chi connectivity index (χ0n) is 16.9. The Morgan fingerprint density at radius 3 is 1.52 bits per heavy atom. The molecule has 29 heavy (non-hydrogen) atoms. The van der Waals surface area contributed by atoms with Crippen molar-refractivity contribution in [3.05, 3.63) is 0 Å². The van der Waals surface area contributed by atoms with Crippen molar-refractivity contribution in [2.45, 2.75) is 81.6 Å². The van der Waals surface area contributed by atoms with Gasteiger partial charge < -0.3 is 14.6 Å². The molecule has 166 valence electrons. The van der Waals surface area contributed by atoms with E-state index in [1.54, 1.807) is 0 Å². The van der Waals surface area contributed by atoms with Crippen molar-refractivity contribution >= 4 is 32.2 Å². The summed E-state index contributed by atoms with van der Waals surface area (Å²) in [6, 6.07) is 0. The number of carbonyl (C=O) groups excluding carboxylic acids is 2. The van der Waals surface area contributed by atoms with Crippen molar-refractivity contribution in [1.29, 1.82) is 0 Å². The van der Waals surface area contributed by atoms with Gasteiger partial charge in [-0.2, -0.15) is 16.8 Å². The number of carboxylic acid groups (broad SMARTS) is 1. The van der Waals surface area contributed by atoms with Gasteiger partial charge in [0, 0.05) is 0 Å². The number of ether oxygens (including phenoxy) is 1. The minimum absolute atomic E-state index is 0. The third kappa shape index (κ3) is 13.6. The summed E-state index contributed by atoms with van der Waals surface area (Å²) in [5, 5.41) is 4.64. The van der Waals surface area contributed by atoms with Crippen LogP contribution in [0.5, 0.6) is 0 Å². The topological polar surface area (TPSA) is 175 Å². The van der Waals surface area contributed by atoms with Crippen LogP contribution < -0.4 is 34.7 Å². The van der Waals surface area contributed by atoms with E-state index < -0.39 is 42.7 Å². The third-order valence-electron chi connectivity index (χ3n) is 4.12. The number of esters is 1. The van der Waals surface area contributed by atoms with Crippen LogP contribution in [0, 0.1) is 0 Å². The van der Waals surface area contributed by atoms with Crippen molar-refractivity contribution < 1.29 is 74.9 Å². The fraction of sp³-hybridized carbons (Fsp3) is 0.875. The van der Waals surface area contributed by atoms with E-state index in [9.17, 15) is 31.5 Å². The van der Waals surface area contributed by atoms with Crippen LogP contribution >= 0.6 is 0 Å². The van der Waals surface area contributed by atoms with Crippen LogP contribution in [-0.4, -0.2) is 55.0 Å². The third-order valence-corrected chi connectivity index (χ3v) is 6.51. The quantitative estimate of drug-likeness (QED) is 0.109. The number of unbranched alkanes of at least 4 members (excludes halogenated alkanes) is 9. The molecule has 0 bridgehead atoms. The van der Waals surface area contributed by atoms with Crippen molar-refractivity contribution in [2.75, 3.05) is 6.61 Å². The molecule has 0 rings (SSSR count). The maximum atomic E-state index is 11.8. The molecule has 0 radical (unpaired) electrons. The van der Waals surface area contributed by atoms with Crippen LogP contribution in [0.1, 0.15) is 71.1 Å². The van der Waals surface area contributed by atoms with Gasteiger partial charge in [-0.1, -0.05) is 64.7 Å². The summed E-state index contributed by atoms with van der Waals surface area (Å²) in [7, 11) is -11.0. The summed E-state index contributed by atoms with van der Waals surface area (Å²) < 4.78 is 67.1. The predicted octanol–water partition coefficient (Wildman–Crippen LogP) is -2.28. The first-order valence-electron chi connectivity index (χ1n) is 9.23. The number of aliphatic carboxylic acids is 1. The fourth-order valence-electron chi connectivity index (χ4n) is 2.65. The van der Waals surface area contributed by atoms with Crippen LogP contribution in [0.4, 0.5) is 0 Å². The van der Waals surface area contributed by atoms with Gasteiger partial charge in [0.1, 0.15) is 0 Å². The van der Waals surface area contributed by atoms with Crippen LogP contribution in [0.2, 0.25) is 0 Å². The van der Waals surface area contributed by atoms with E-state index in [-0.39, 0.29) is 36.2 Å². The molecule has 0 aromatic carbocycles. The summed E-state index contributed by atoms with van der Waals surface area (Å²) in [5.41, 5.74) is 0. The Hall–Kier alpha value is -0.240. The number of hydrogen-bond acceptors (Lipinski definition) is 8. The zero-order valence-corrected chi connectivity index (χ0v) is 20.5. The molecule has 0 saturated heterocycles. The molecule has 2 atom stereocenters. The second-order valence-corrected chi connectivity index (χ2v) is 9.62. The molecular weight excluding hydrogens is 439 g/mol. The molecule has 2 N–H and O–H groups in total. The summed E-state index contributed by atoms with van der Waals surface area (Å²) in [5.74, 6) is -4.34. The molecule has 0 spiro atoms. The number of carboxylic acids is 1. The maximum Gasteiger partial charge on any atom is 1.00 e. The summed E-state index contributed by atoms with van der Waals surface area (Å²) >= 11 is 0. The molecule has 0 heterocycles. The van der Waals surface area contributed by atoms with Gasteiger partial charge in [0.25, 0.3) is 20.2 Å². The van der Waals surface area contributed by atoms with E-state index in [2.05, 4.69) is 11.7 Å². The SMILES string of the molecule is CCCCCCCCCCCCOC(=O)C(C(C(=O)[O-])S(=O)(=O)O)S(=O)(=O)O.[Na+]. The van der Waals surface area contributed by atoms with Crippen molar-refractivity contribution in [2.24, 2.45) is 0 Å². The molecule has 0 aliphatic heterocycles. The molecule has 0 fully saturated rings. The zero-order chi connectivity index (χ0) is 21.8. The van der Waals surface area contributed by atoms with Gasteiger partial charge in [0.05, 0.1) is 12.6 Å². The smallest absolute Gasteiger partial charge is 0.549 e. The first-order valence-corrected chi connectivity index (χ1v) is 12.2. The fourth-order valence-corrected chi connectivity index (χ4v) is 4.89.